The average Bonchev–Trinajstić information content (AvgIpc) is 2.33. The number of aliphatic carboxylic acids is 1. The van der Waals surface area contributed by atoms with Crippen molar-refractivity contribution in [3.63, 3.8) is 0 Å². The number of carboxylic acids is 1. The molecule has 2 atom stereocenters. The fourth-order valence-corrected chi connectivity index (χ4v) is 1.46. The van der Waals surface area contributed by atoms with Gasteiger partial charge in [0.2, 0.25) is 0 Å². The smallest absolute Gasteiger partial charge is 0.320 e. The zero-order valence-electron chi connectivity index (χ0n) is 7.36. The van der Waals surface area contributed by atoms with Crippen LogP contribution in [0.5, 0.6) is 0 Å². The van der Waals surface area contributed by atoms with Gasteiger partial charge in [-0.25, -0.2) is 0 Å². The lowest BCUT2D eigenvalue weighted by molar-refractivity contribution is -0.142. The van der Waals surface area contributed by atoms with Crippen LogP contribution < -0.4 is 5.73 Å². The van der Waals surface area contributed by atoms with E-state index >= 15 is 0 Å². The van der Waals surface area contributed by atoms with Crippen LogP contribution in [0.15, 0.2) is 0 Å². The van der Waals surface area contributed by atoms with Crippen molar-refractivity contribution >= 4 is 5.97 Å². The number of hydrogen-bond acceptors (Lipinski definition) is 3. The molecule has 0 aromatic rings. The predicted octanol–water partition coefficient (Wildman–Crippen LogP) is -0.506. The molecular formula is C7H14N2O2. The highest BCUT2D eigenvalue weighted by Gasteiger charge is 2.29. The summed E-state index contributed by atoms with van der Waals surface area (Å²) in [4.78, 5) is 12.4. The molecule has 1 aliphatic heterocycles. The first kappa shape index (κ1) is 7.06. The van der Waals surface area contributed by atoms with Crippen LogP contribution in [0.1, 0.15) is 14.2 Å². The van der Waals surface area contributed by atoms with Gasteiger partial charge in [-0.1, -0.05) is 0 Å². The molecule has 0 radical (unpaired) electrons. The third-order valence-electron chi connectivity index (χ3n) is 1.99. The van der Waals surface area contributed by atoms with Crippen LogP contribution in [0.2, 0.25) is 0 Å². The minimum absolute atomic E-state index is 0.358. The molecule has 1 rings (SSSR count). The van der Waals surface area contributed by atoms with Crippen molar-refractivity contribution in [2.75, 3.05) is 19.6 Å². The molecule has 0 bridgehead atoms. The zero-order chi connectivity index (χ0) is 9.14. The molecule has 0 amide bonds. The van der Waals surface area contributed by atoms with E-state index in [-0.39, 0.29) is 0 Å². The summed E-state index contributed by atoms with van der Waals surface area (Å²) >= 11 is 0. The number of rotatable bonds is 3. The Morgan fingerprint density at radius 2 is 2.64 bits per heavy atom. The minimum atomic E-state index is -0.798. The quantitative estimate of drug-likeness (QED) is 0.582. The van der Waals surface area contributed by atoms with Gasteiger partial charge in [0, 0.05) is 14.4 Å². The van der Waals surface area contributed by atoms with E-state index in [1.807, 2.05) is 0 Å². The van der Waals surface area contributed by atoms with E-state index in [0.29, 0.717) is 13.0 Å². The number of carbonyl (C=O) groups is 1. The van der Waals surface area contributed by atoms with E-state index in [1.165, 1.54) is 0 Å². The van der Waals surface area contributed by atoms with Gasteiger partial charge in [0.15, 0.2) is 0 Å². The van der Waals surface area contributed by atoms with Crippen molar-refractivity contribution in [1.82, 2.24) is 4.90 Å². The number of carboxylic acid groups (broad SMARTS) is 1. The van der Waals surface area contributed by atoms with Crippen molar-refractivity contribution in [2.24, 2.45) is 5.73 Å². The summed E-state index contributed by atoms with van der Waals surface area (Å²) in [6.45, 7) is 0.422. The number of nitrogens with zero attached hydrogens (tertiary/aromatic N) is 1. The molecule has 0 aromatic heterocycles. The summed E-state index contributed by atoms with van der Waals surface area (Å²) < 4.78 is 7.12. The topological polar surface area (TPSA) is 66.6 Å². The fourth-order valence-electron chi connectivity index (χ4n) is 1.46. The Kier molecular flexibility index (Phi) is 2.37. The average molecular weight is 159 g/mol. The lowest BCUT2D eigenvalue weighted by Gasteiger charge is -2.19. The zero-order valence-corrected chi connectivity index (χ0v) is 6.36. The number of hydrogen-bond donors (Lipinski definition) is 2. The number of likely N-dealkylation sites (tertiary alicyclic amines) is 1. The summed E-state index contributed by atoms with van der Waals surface area (Å²) in [6.07, 6.45) is 1.58. The second kappa shape index (κ2) is 3.69. The fraction of sp³-hybridized carbons (Fsp3) is 0.857. The molecule has 4 heteroatoms. The predicted molar refractivity (Wildman–Crippen MR) is 41.3 cm³/mol. The van der Waals surface area contributed by atoms with E-state index < -0.39 is 18.5 Å². The van der Waals surface area contributed by atoms with Crippen LogP contribution in [0, 0.1) is 0 Å². The summed E-state index contributed by atoms with van der Waals surface area (Å²) in [5, 5.41) is 8.75. The lowest BCUT2D eigenvalue weighted by Crippen LogP contribution is -2.38. The Morgan fingerprint density at radius 3 is 3.18 bits per heavy atom. The molecule has 0 saturated carbocycles. The first-order valence-corrected chi connectivity index (χ1v) is 3.76. The van der Waals surface area contributed by atoms with Crippen LogP contribution >= 0.6 is 0 Å². The third kappa shape index (κ3) is 1.91. The van der Waals surface area contributed by atoms with Crippen LogP contribution in [0.3, 0.4) is 0 Å². The second-order valence-corrected chi connectivity index (χ2v) is 2.73. The van der Waals surface area contributed by atoms with E-state index in [4.69, 9.17) is 12.2 Å². The molecule has 0 aromatic carbocycles. The van der Waals surface area contributed by atoms with Gasteiger partial charge < -0.3 is 10.8 Å². The van der Waals surface area contributed by atoms with E-state index in [9.17, 15) is 4.79 Å². The van der Waals surface area contributed by atoms with Crippen LogP contribution in [-0.2, 0) is 4.79 Å². The number of nitrogens with two attached hydrogens (primary N) is 1. The molecule has 0 spiro atoms. The maximum absolute atomic E-state index is 10.6. The first-order chi connectivity index (χ1) is 5.61. The standard InChI is InChI=1S/C7H14N2O2/c8-3-5-9-4-1-2-6(9)7(10)11/h6H,1-5,8H2,(H,10,11)/t6-/m0/s1/i3D/t3?,6-. The Labute approximate surface area is 67.4 Å². The Hall–Kier alpha value is -0.610. The van der Waals surface area contributed by atoms with E-state index in [1.54, 1.807) is 4.90 Å². The monoisotopic (exact) mass is 159 g/mol. The van der Waals surface area contributed by atoms with Crippen molar-refractivity contribution < 1.29 is 11.3 Å². The van der Waals surface area contributed by atoms with Crippen LogP contribution in [-0.4, -0.2) is 41.6 Å². The Morgan fingerprint density at radius 1 is 1.91 bits per heavy atom. The summed E-state index contributed by atoms with van der Waals surface area (Å²) in [5.74, 6) is -0.798. The van der Waals surface area contributed by atoms with Gasteiger partial charge in [-0.2, -0.15) is 0 Å². The van der Waals surface area contributed by atoms with Crippen molar-refractivity contribution in [3.05, 3.63) is 0 Å². The third-order valence-corrected chi connectivity index (χ3v) is 1.99. The molecule has 1 heterocycles. The van der Waals surface area contributed by atoms with Gasteiger partial charge in [-0.05, 0) is 19.4 Å². The Balaban J connectivity index is 2.46. The highest BCUT2D eigenvalue weighted by Crippen LogP contribution is 2.15. The largest absolute Gasteiger partial charge is 0.480 e. The first-order valence-electron chi connectivity index (χ1n) is 4.33. The summed E-state index contributed by atoms with van der Waals surface area (Å²) in [5.41, 5.74) is 5.27. The van der Waals surface area contributed by atoms with Crippen LogP contribution in [0.25, 0.3) is 0 Å². The van der Waals surface area contributed by atoms with Crippen molar-refractivity contribution in [1.29, 1.82) is 0 Å². The maximum atomic E-state index is 10.6. The van der Waals surface area contributed by atoms with Gasteiger partial charge >= 0.3 is 5.97 Å². The lowest BCUT2D eigenvalue weighted by atomic mass is 10.2. The SMILES string of the molecule is [2H]C(N)CN1CCC[C@H]1C(=O)O. The van der Waals surface area contributed by atoms with Gasteiger partial charge in [-0.3, -0.25) is 9.69 Å². The van der Waals surface area contributed by atoms with Gasteiger partial charge in [0.25, 0.3) is 0 Å². The molecular weight excluding hydrogens is 144 g/mol. The molecule has 1 saturated heterocycles. The van der Waals surface area contributed by atoms with E-state index in [0.717, 1.165) is 13.0 Å². The highest BCUT2D eigenvalue weighted by atomic mass is 16.4. The molecule has 0 aliphatic carbocycles. The molecule has 4 nitrogen and oxygen atoms in total. The molecule has 3 N–H and O–H groups in total. The molecule has 1 unspecified atom stereocenters. The molecule has 64 valence electrons. The van der Waals surface area contributed by atoms with Gasteiger partial charge in [0.05, 0.1) is 0 Å². The van der Waals surface area contributed by atoms with Crippen LogP contribution in [0.4, 0.5) is 0 Å². The van der Waals surface area contributed by atoms with Gasteiger partial charge in [0.1, 0.15) is 6.04 Å². The molecule has 1 fully saturated rings. The maximum Gasteiger partial charge on any atom is 0.320 e. The Bertz CT molecular complexity index is 175. The summed E-state index contributed by atoms with van der Waals surface area (Å²) in [7, 11) is 0. The normalized spacial score (nSPS) is 29.9. The second-order valence-electron chi connectivity index (χ2n) is 2.73. The van der Waals surface area contributed by atoms with Crippen molar-refractivity contribution in [3.8, 4) is 0 Å². The van der Waals surface area contributed by atoms with E-state index in [2.05, 4.69) is 0 Å². The van der Waals surface area contributed by atoms with Crippen molar-refractivity contribution in [2.45, 2.75) is 18.9 Å². The van der Waals surface area contributed by atoms with Gasteiger partial charge in [-0.15, -0.1) is 0 Å². The molecule has 1 aliphatic rings. The minimum Gasteiger partial charge on any atom is -0.480 e. The molecule has 11 heavy (non-hydrogen) atoms. The summed E-state index contributed by atoms with van der Waals surface area (Å²) in [6, 6.07) is -0.415. The highest BCUT2D eigenvalue weighted by molar-refractivity contribution is 5.73.